The van der Waals surface area contributed by atoms with Crippen LogP contribution in [0.3, 0.4) is 0 Å². The molecule has 2 rings (SSSR count). The lowest BCUT2D eigenvalue weighted by Gasteiger charge is -2.25. The Hall–Kier alpha value is -2.14. The second-order valence-electron chi connectivity index (χ2n) is 6.91. The molecule has 0 spiro atoms. The van der Waals surface area contributed by atoms with Crippen molar-refractivity contribution in [3.8, 4) is 11.1 Å². The first-order valence-corrected chi connectivity index (χ1v) is 7.64. The van der Waals surface area contributed by atoms with Gasteiger partial charge in [0.1, 0.15) is 5.82 Å². The lowest BCUT2D eigenvalue weighted by molar-refractivity contribution is 0.0898. The number of amides is 1. The van der Waals surface area contributed by atoms with Gasteiger partial charge in [0, 0.05) is 18.0 Å². The third-order valence-electron chi connectivity index (χ3n) is 3.56. The van der Waals surface area contributed by atoms with Crippen molar-refractivity contribution in [1.29, 1.82) is 0 Å². The number of rotatable bonds is 5. The first kappa shape index (κ1) is 17.2. The molecule has 0 bridgehead atoms. The van der Waals surface area contributed by atoms with Crippen LogP contribution in [0.5, 0.6) is 0 Å². The van der Waals surface area contributed by atoms with Crippen LogP contribution in [-0.2, 0) is 0 Å². The number of nitrogens with one attached hydrogen (secondary N) is 2. The molecule has 1 aromatic heterocycles. The van der Waals surface area contributed by atoms with Gasteiger partial charge in [0.25, 0.3) is 5.91 Å². The van der Waals surface area contributed by atoms with Crippen molar-refractivity contribution in [2.24, 2.45) is 5.41 Å². The van der Waals surface area contributed by atoms with Crippen LogP contribution in [0.25, 0.3) is 11.1 Å². The van der Waals surface area contributed by atoms with Crippen molar-refractivity contribution in [3.63, 3.8) is 0 Å². The summed E-state index contributed by atoms with van der Waals surface area (Å²) in [7, 11) is 0. The molecule has 0 aliphatic rings. The van der Waals surface area contributed by atoms with Gasteiger partial charge in [0.05, 0.1) is 18.2 Å². The molecular formula is C18H23FN2O2. The second-order valence-corrected chi connectivity index (χ2v) is 6.91. The molecule has 0 radical (unpaired) electrons. The fourth-order valence-corrected chi connectivity index (χ4v) is 2.58. The molecule has 0 fully saturated rings. The molecule has 124 valence electrons. The molecule has 4 nitrogen and oxygen atoms in total. The topological polar surface area (TPSA) is 65.1 Å². The fourth-order valence-electron chi connectivity index (χ4n) is 2.58. The summed E-state index contributed by atoms with van der Waals surface area (Å²) in [6.07, 6.45) is 3.99. The van der Waals surface area contributed by atoms with Crippen molar-refractivity contribution in [1.82, 2.24) is 10.3 Å². The Balaban J connectivity index is 2.17. The van der Waals surface area contributed by atoms with E-state index in [1.165, 1.54) is 12.1 Å². The zero-order chi connectivity index (χ0) is 17.0. The van der Waals surface area contributed by atoms with E-state index in [0.717, 1.165) is 5.56 Å². The highest BCUT2D eigenvalue weighted by molar-refractivity contribution is 6.00. The standard InChI is InChI=1S/C18H23FN2O2/c1-18(2,3)8-14(11-22)21-17(23)16-10-20-9-15(16)12-4-6-13(19)7-5-12/h4-7,9-10,14,20,22H,8,11H2,1-3H3,(H,21,23). The van der Waals surface area contributed by atoms with Gasteiger partial charge in [0.15, 0.2) is 0 Å². The summed E-state index contributed by atoms with van der Waals surface area (Å²) in [5.74, 6) is -0.574. The number of aliphatic hydroxyl groups excluding tert-OH is 1. The Kier molecular flexibility index (Phi) is 5.21. The molecule has 0 saturated heterocycles. The van der Waals surface area contributed by atoms with Crippen LogP contribution in [0.2, 0.25) is 0 Å². The van der Waals surface area contributed by atoms with E-state index in [0.29, 0.717) is 17.5 Å². The van der Waals surface area contributed by atoms with Gasteiger partial charge in [-0.3, -0.25) is 4.79 Å². The van der Waals surface area contributed by atoms with Gasteiger partial charge < -0.3 is 15.4 Å². The van der Waals surface area contributed by atoms with Crippen molar-refractivity contribution in [2.45, 2.75) is 33.2 Å². The van der Waals surface area contributed by atoms with Crippen molar-refractivity contribution in [3.05, 3.63) is 48.0 Å². The van der Waals surface area contributed by atoms with E-state index in [2.05, 4.69) is 31.1 Å². The van der Waals surface area contributed by atoms with E-state index in [1.54, 1.807) is 24.5 Å². The molecular weight excluding hydrogens is 295 g/mol. The maximum absolute atomic E-state index is 13.0. The molecule has 1 atom stereocenters. The molecule has 3 N–H and O–H groups in total. The average Bonchev–Trinajstić information content (AvgIpc) is 2.95. The summed E-state index contributed by atoms with van der Waals surface area (Å²) in [6, 6.07) is 5.68. The Morgan fingerprint density at radius 2 is 1.91 bits per heavy atom. The highest BCUT2D eigenvalue weighted by Gasteiger charge is 2.22. The average molecular weight is 318 g/mol. The number of carbonyl (C=O) groups excluding carboxylic acids is 1. The normalized spacial score (nSPS) is 12.9. The van der Waals surface area contributed by atoms with Crippen molar-refractivity contribution in [2.75, 3.05) is 6.61 Å². The number of H-pyrrole nitrogens is 1. The van der Waals surface area contributed by atoms with E-state index < -0.39 is 0 Å². The summed E-state index contributed by atoms with van der Waals surface area (Å²) >= 11 is 0. The number of benzene rings is 1. The summed E-state index contributed by atoms with van der Waals surface area (Å²) in [6.45, 7) is 6.06. The number of aliphatic hydroxyl groups is 1. The van der Waals surface area contributed by atoms with Crippen LogP contribution in [0.15, 0.2) is 36.7 Å². The Morgan fingerprint density at radius 3 is 2.48 bits per heavy atom. The quantitative estimate of drug-likeness (QED) is 0.791. The van der Waals surface area contributed by atoms with E-state index in [1.807, 2.05) is 0 Å². The zero-order valence-corrected chi connectivity index (χ0v) is 13.7. The maximum atomic E-state index is 13.0. The van der Waals surface area contributed by atoms with E-state index in [-0.39, 0.29) is 29.8 Å². The third kappa shape index (κ3) is 4.66. The number of hydrogen-bond acceptors (Lipinski definition) is 2. The van der Waals surface area contributed by atoms with Gasteiger partial charge in [-0.1, -0.05) is 32.9 Å². The predicted molar refractivity (Wildman–Crippen MR) is 88.6 cm³/mol. The summed E-state index contributed by atoms with van der Waals surface area (Å²) in [4.78, 5) is 15.4. The van der Waals surface area contributed by atoms with Crippen LogP contribution in [0.4, 0.5) is 4.39 Å². The summed E-state index contributed by atoms with van der Waals surface area (Å²) in [5.41, 5.74) is 1.94. The van der Waals surface area contributed by atoms with Crippen LogP contribution >= 0.6 is 0 Å². The largest absolute Gasteiger partial charge is 0.394 e. The molecule has 1 heterocycles. The molecule has 0 saturated carbocycles. The first-order chi connectivity index (χ1) is 10.8. The maximum Gasteiger partial charge on any atom is 0.253 e. The Labute approximate surface area is 135 Å². The van der Waals surface area contributed by atoms with Crippen LogP contribution in [0.1, 0.15) is 37.6 Å². The van der Waals surface area contributed by atoms with Crippen LogP contribution < -0.4 is 5.32 Å². The molecule has 2 aromatic rings. The summed E-state index contributed by atoms with van der Waals surface area (Å²) < 4.78 is 13.0. The zero-order valence-electron chi connectivity index (χ0n) is 13.7. The molecule has 1 amide bonds. The summed E-state index contributed by atoms with van der Waals surface area (Å²) in [5, 5.41) is 12.4. The minimum Gasteiger partial charge on any atom is -0.394 e. The highest BCUT2D eigenvalue weighted by atomic mass is 19.1. The van der Waals surface area contributed by atoms with Gasteiger partial charge in [-0.25, -0.2) is 4.39 Å². The number of aromatic amines is 1. The molecule has 23 heavy (non-hydrogen) atoms. The molecule has 5 heteroatoms. The minimum absolute atomic E-state index is 0.00138. The molecule has 0 aliphatic carbocycles. The minimum atomic E-state index is -0.319. The van der Waals surface area contributed by atoms with Gasteiger partial charge in [-0.15, -0.1) is 0 Å². The van der Waals surface area contributed by atoms with E-state index in [9.17, 15) is 14.3 Å². The lowest BCUT2D eigenvalue weighted by Crippen LogP contribution is -2.40. The van der Waals surface area contributed by atoms with Crippen molar-refractivity contribution < 1.29 is 14.3 Å². The smallest absolute Gasteiger partial charge is 0.253 e. The van der Waals surface area contributed by atoms with E-state index >= 15 is 0 Å². The van der Waals surface area contributed by atoms with Gasteiger partial charge >= 0.3 is 0 Å². The Bertz CT molecular complexity index is 656. The predicted octanol–water partition coefficient (Wildman–Crippen LogP) is 3.35. The monoisotopic (exact) mass is 318 g/mol. The Morgan fingerprint density at radius 1 is 1.26 bits per heavy atom. The molecule has 1 aromatic carbocycles. The molecule has 1 unspecified atom stereocenters. The van der Waals surface area contributed by atoms with Gasteiger partial charge in [-0.2, -0.15) is 0 Å². The fraction of sp³-hybridized carbons (Fsp3) is 0.389. The highest BCUT2D eigenvalue weighted by Crippen LogP contribution is 2.25. The number of carbonyl (C=O) groups is 1. The number of halogens is 1. The van der Waals surface area contributed by atoms with Gasteiger partial charge in [0.2, 0.25) is 0 Å². The second kappa shape index (κ2) is 6.96. The third-order valence-corrected chi connectivity index (χ3v) is 3.56. The lowest BCUT2D eigenvalue weighted by atomic mass is 9.88. The number of aromatic nitrogens is 1. The van der Waals surface area contributed by atoms with E-state index in [4.69, 9.17) is 0 Å². The first-order valence-electron chi connectivity index (χ1n) is 7.64. The van der Waals surface area contributed by atoms with Crippen molar-refractivity contribution >= 4 is 5.91 Å². The molecule has 0 aliphatic heterocycles. The van der Waals surface area contributed by atoms with Crippen LogP contribution in [-0.4, -0.2) is 28.6 Å². The van der Waals surface area contributed by atoms with Crippen LogP contribution in [0, 0.1) is 11.2 Å². The number of hydrogen-bond donors (Lipinski definition) is 3. The SMILES string of the molecule is CC(C)(C)CC(CO)NC(=O)c1c[nH]cc1-c1ccc(F)cc1. The van der Waals surface area contributed by atoms with Gasteiger partial charge in [-0.05, 0) is 29.5 Å².